The number of aliphatic hydroxyl groups is 1. The molecule has 3 heteroatoms. The SMILES string of the molecule is CC(=O)[C@@]1(O)CCC2C3CCC4CC(=O)CCC4C3CCC21C. The van der Waals surface area contributed by atoms with E-state index in [1.165, 1.54) is 12.8 Å². The van der Waals surface area contributed by atoms with E-state index in [0.29, 0.717) is 30.0 Å². The average molecular weight is 318 g/mol. The minimum Gasteiger partial charge on any atom is -0.382 e. The minimum absolute atomic E-state index is 0.0297. The van der Waals surface area contributed by atoms with Crippen LogP contribution in [0.1, 0.15) is 71.6 Å². The number of ketones is 2. The molecule has 4 saturated carbocycles. The molecule has 0 spiro atoms. The van der Waals surface area contributed by atoms with E-state index in [-0.39, 0.29) is 11.2 Å². The lowest BCUT2D eigenvalue weighted by molar-refractivity contribution is -0.161. The number of hydrogen-bond acceptors (Lipinski definition) is 3. The van der Waals surface area contributed by atoms with Crippen molar-refractivity contribution in [2.45, 2.75) is 77.2 Å². The number of hydrogen-bond donors (Lipinski definition) is 1. The Morgan fingerprint density at radius 1 is 1.04 bits per heavy atom. The molecule has 4 rings (SSSR count). The fourth-order valence-electron chi connectivity index (χ4n) is 7.25. The van der Waals surface area contributed by atoms with E-state index in [2.05, 4.69) is 6.92 Å². The van der Waals surface area contributed by atoms with Gasteiger partial charge in [-0.3, -0.25) is 9.59 Å². The molecular formula is C20H30O3. The summed E-state index contributed by atoms with van der Waals surface area (Å²) in [6, 6.07) is 0. The maximum Gasteiger partial charge on any atom is 0.161 e. The molecular weight excluding hydrogens is 288 g/mol. The van der Waals surface area contributed by atoms with Crippen LogP contribution in [0.4, 0.5) is 0 Å². The molecule has 0 aliphatic heterocycles. The van der Waals surface area contributed by atoms with Gasteiger partial charge in [-0.25, -0.2) is 0 Å². The number of carbonyl (C=O) groups excluding carboxylic acids is 2. The third kappa shape index (κ3) is 2.04. The van der Waals surface area contributed by atoms with E-state index in [9.17, 15) is 14.7 Å². The van der Waals surface area contributed by atoms with Gasteiger partial charge in [-0.15, -0.1) is 0 Å². The molecule has 0 aromatic rings. The largest absolute Gasteiger partial charge is 0.382 e. The van der Waals surface area contributed by atoms with Crippen LogP contribution < -0.4 is 0 Å². The third-order valence-corrected chi connectivity index (χ3v) is 8.50. The monoisotopic (exact) mass is 318 g/mol. The second-order valence-corrected chi connectivity index (χ2v) is 9.13. The van der Waals surface area contributed by atoms with Crippen LogP contribution >= 0.6 is 0 Å². The quantitative estimate of drug-likeness (QED) is 0.804. The van der Waals surface area contributed by atoms with Crippen LogP contribution in [0.25, 0.3) is 0 Å². The highest BCUT2D eigenvalue weighted by atomic mass is 16.3. The number of rotatable bonds is 1. The van der Waals surface area contributed by atoms with Gasteiger partial charge in [0.15, 0.2) is 5.78 Å². The van der Waals surface area contributed by atoms with E-state index in [0.717, 1.165) is 50.4 Å². The van der Waals surface area contributed by atoms with Gasteiger partial charge in [-0.05, 0) is 81.5 Å². The average Bonchev–Trinajstić information content (AvgIpc) is 2.80. The Kier molecular flexibility index (Phi) is 3.54. The summed E-state index contributed by atoms with van der Waals surface area (Å²) in [4.78, 5) is 24.0. The van der Waals surface area contributed by atoms with Crippen LogP contribution in [0.3, 0.4) is 0 Å². The third-order valence-electron chi connectivity index (χ3n) is 8.50. The molecule has 7 atom stereocenters. The molecule has 6 unspecified atom stereocenters. The van der Waals surface area contributed by atoms with Crippen molar-refractivity contribution in [3.05, 3.63) is 0 Å². The van der Waals surface area contributed by atoms with Crippen molar-refractivity contribution in [1.29, 1.82) is 0 Å². The van der Waals surface area contributed by atoms with Gasteiger partial charge in [0, 0.05) is 18.3 Å². The van der Waals surface area contributed by atoms with Crippen LogP contribution in [-0.4, -0.2) is 22.3 Å². The van der Waals surface area contributed by atoms with Gasteiger partial charge in [-0.2, -0.15) is 0 Å². The zero-order valence-electron chi connectivity index (χ0n) is 14.5. The van der Waals surface area contributed by atoms with Crippen LogP contribution in [0, 0.1) is 35.0 Å². The first-order chi connectivity index (χ1) is 10.9. The van der Waals surface area contributed by atoms with Crippen molar-refractivity contribution in [2.75, 3.05) is 0 Å². The Morgan fingerprint density at radius 3 is 2.57 bits per heavy atom. The minimum atomic E-state index is -1.10. The highest BCUT2D eigenvalue weighted by Gasteiger charge is 2.64. The summed E-state index contributed by atoms with van der Waals surface area (Å²) >= 11 is 0. The lowest BCUT2D eigenvalue weighted by Crippen LogP contribution is -2.56. The summed E-state index contributed by atoms with van der Waals surface area (Å²) < 4.78 is 0. The second kappa shape index (κ2) is 5.15. The summed E-state index contributed by atoms with van der Waals surface area (Å²) in [5.74, 6) is 3.67. The zero-order valence-corrected chi connectivity index (χ0v) is 14.5. The van der Waals surface area contributed by atoms with E-state index in [1.807, 2.05) is 0 Å². The first-order valence-corrected chi connectivity index (χ1v) is 9.62. The van der Waals surface area contributed by atoms with Crippen molar-refractivity contribution >= 4 is 11.6 Å². The summed E-state index contributed by atoms with van der Waals surface area (Å²) in [6.45, 7) is 3.75. The first-order valence-electron chi connectivity index (χ1n) is 9.62. The first kappa shape index (κ1) is 15.8. The van der Waals surface area contributed by atoms with E-state index < -0.39 is 5.60 Å². The van der Waals surface area contributed by atoms with Gasteiger partial charge in [0.05, 0.1) is 0 Å². The molecule has 4 aliphatic rings. The maximum absolute atomic E-state index is 12.2. The molecule has 0 saturated heterocycles. The fraction of sp³-hybridized carbons (Fsp3) is 0.900. The van der Waals surface area contributed by atoms with Crippen molar-refractivity contribution in [3.63, 3.8) is 0 Å². The molecule has 1 N–H and O–H groups in total. The number of carbonyl (C=O) groups is 2. The second-order valence-electron chi connectivity index (χ2n) is 9.13. The smallest absolute Gasteiger partial charge is 0.161 e. The summed E-state index contributed by atoms with van der Waals surface area (Å²) in [5.41, 5.74) is -1.32. The van der Waals surface area contributed by atoms with Crippen LogP contribution in [-0.2, 0) is 9.59 Å². The molecule has 0 aromatic carbocycles. The Labute approximate surface area is 139 Å². The standard InChI is InChI=1S/C20H30O3/c1-12(21)20(23)10-8-18-17-5-3-13-11-14(22)4-6-15(13)16(17)7-9-19(18,20)2/h13,15-18,23H,3-11H2,1-2H3/t13?,15?,16?,17?,18?,19?,20-/m0/s1. The van der Waals surface area contributed by atoms with Gasteiger partial charge in [0.2, 0.25) is 0 Å². The molecule has 4 fully saturated rings. The van der Waals surface area contributed by atoms with E-state index >= 15 is 0 Å². The van der Waals surface area contributed by atoms with Crippen molar-refractivity contribution in [2.24, 2.45) is 35.0 Å². The van der Waals surface area contributed by atoms with Gasteiger partial charge in [-0.1, -0.05) is 6.92 Å². The highest BCUT2D eigenvalue weighted by Crippen LogP contribution is 2.65. The van der Waals surface area contributed by atoms with Crippen molar-refractivity contribution < 1.29 is 14.7 Å². The highest BCUT2D eigenvalue weighted by molar-refractivity contribution is 5.86. The van der Waals surface area contributed by atoms with Gasteiger partial charge in [0.1, 0.15) is 11.4 Å². The number of Topliss-reactive ketones (excluding diaryl/α,β-unsaturated/α-hetero) is 2. The summed E-state index contributed by atoms with van der Waals surface area (Å²) in [5, 5.41) is 11.1. The molecule has 128 valence electrons. The molecule has 0 bridgehead atoms. The molecule has 4 aliphatic carbocycles. The predicted octanol–water partition coefficient (Wildman–Crippen LogP) is 3.53. The molecule has 0 amide bonds. The van der Waals surface area contributed by atoms with Gasteiger partial charge in [0.25, 0.3) is 0 Å². The Hall–Kier alpha value is -0.700. The van der Waals surface area contributed by atoms with Crippen LogP contribution in [0.5, 0.6) is 0 Å². The summed E-state index contributed by atoms with van der Waals surface area (Å²) in [7, 11) is 0. The molecule has 0 aromatic heterocycles. The Balaban J connectivity index is 1.61. The normalized spacial score (nSPS) is 52.5. The topological polar surface area (TPSA) is 54.4 Å². The molecule has 0 heterocycles. The fourth-order valence-corrected chi connectivity index (χ4v) is 7.25. The number of fused-ring (bicyclic) bond motifs is 5. The van der Waals surface area contributed by atoms with Crippen molar-refractivity contribution in [1.82, 2.24) is 0 Å². The Morgan fingerprint density at radius 2 is 1.83 bits per heavy atom. The van der Waals surface area contributed by atoms with Crippen LogP contribution in [0.15, 0.2) is 0 Å². The lowest BCUT2D eigenvalue weighted by Gasteiger charge is -2.56. The van der Waals surface area contributed by atoms with Crippen LogP contribution in [0.2, 0.25) is 0 Å². The Bertz CT molecular complexity index is 541. The maximum atomic E-state index is 12.2. The molecule has 3 nitrogen and oxygen atoms in total. The van der Waals surface area contributed by atoms with Gasteiger partial charge < -0.3 is 5.11 Å². The zero-order chi connectivity index (χ0) is 16.4. The van der Waals surface area contributed by atoms with Crippen molar-refractivity contribution in [3.8, 4) is 0 Å². The molecule has 23 heavy (non-hydrogen) atoms. The van der Waals surface area contributed by atoms with E-state index in [1.54, 1.807) is 6.92 Å². The lowest BCUT2D eigenvalue weighted by atomic mass is 9.49. The van der Waals surface area contributed by atoms with Gasteiger partial charge >= 0.3 is 0 Å². The summed E-state index contributed by atoms with van der Waals surface area (Å²) in [6.07, 6.45) is 8.84. The predicted molar refractivity (Wildman–Crippen MR) is 87.7 cm³/mol. The molecule has 0 radical (unpaired) electrons. The van der Waals surface area contributed by atoms with E-state index in [4.69, 9.17) is 0 Å².